The molecule has 1 aromatic heterocycles. The fourth-order valence-electron chi connectivity index (χ4n) is 5.00. The normalized spacial score (nSPS) is 17.1. The second kappa shape index (κ2) is 11.6. The average molecular weight is 490 g/mol. The molecule has 0 radical (unpaired) electrons. The van der Waals surface area contributed by atoms with E-state index in [1.165, 1.54) is 16.7 Å². The molecule has 0 bridgehead atoms. The smallest absolute Gasteiger partial charge is 0.137 e. The van der Waals surface area contributed by atoms with Gasteiger partial charge < -0.3 is 18.9 Å². The molecule has 3 heterocycles. The molecule has 3 aromatic rings. The maximum atomic E-state index is 6.10. The molecule has 2 aromatic carbocycles. The Bertz CT molecular complexity index is 1110. The van der Waals surface area contributed by atoms with Crippen molar-refractivity contribution < 1.29 is 18.9 Å². The van der Waals surface area contributed by atoms with Crippen LogP contribution in [0.3, 0.4) is 0 Å². The molecule has 0 amide bonds. The fourth-order valence-corrected chi connectivity index (χ4v) is 5.00. The van der Waals surface area contributed by atoms with E-state index >= 15 is 0 Å². The topological polar surface area (TPSA) is 56.3 Å². The molecule has 190 valence electrons. The number of aromatic nitrogens is 1. The first-order chi connectivity index (χ1) is 17.7. The summed E-state index contributed by atoms with van der Waals surface area (Å²) in [4.78, 5) is 9.08. The van der Waals surface area contributed by atoms with E-state index in [4.69, 9.17) is 18.9 Å². The number of hydrogen-bond acceptors (Lipinski definition) is 7. The largest absolute Gasteiger partial charge is 0.497 e. The SMILES string of the molecule is COc1cc(CN2CCOc3ccc(CN4CCC(Oc5cccnc5)CC4)cc3C2)cc(OC)c1. The second-order valence-corrected chi connectivity index (χ2v) is 9.50. The Morgan fingerprint density at radius 1 is 0.861 bits per heavy atom. The summed E-state index contributed by atoms with van der Waals surface area (Å²) < 4.78 is 23.1. The van der Waals surface area contributed by atoms with E-state index in [9.17, 15) is 0 Å². The van der Waals surface area contributed by atoms with Crippen molar-refractivity contribution in [3.63, 3.8) is 0 Å². The summed E-state index contributed by atoms with van der Waals surface area (Å²) in [7, 11) is 3.37. The molecule has 36 heavy (non-hydrogen) atoms. The molecule has 0 atom stereocenters. The van der Waals surface area contributed by atoms with Gasteiger partial charge in [0.1, 0.15) is 35.7 Å². The third kappa shape index (κ3) is 6.28. The summed E-state index contributed by atoms with van der Waals surface area (Å²) in [6.07, 6.45) is 5.88. The lowest BCUT2D eigenvalue weighted by molar-refractivity contribution is 0.0965. The average Bonchev–Trinajstić information content (AvgIpc) is 3.11. The lowest BCUT2D eigenvalue weighted by atomic mass is 10.0. The van der Waals surface area contributed by atoms with E-state index in [2.05, 4.69) is 45.1 Å². The van der Waals surface area contributed by atoms with Gasteiger partial charge >= 0.3 is 0 Å². The van der Waals surface area contributed by atoms with Gasteiger partial charge in [-0.1, -0.05) is 6.07 Å². The zero-order valence-electron chi connectivity index (χ0n) is 21.2. The molecule has 5 rings (SSSR count). The number of hydrogen-bond donors (Lipinski definition) is 0. The molecule has 0 spiro atoms. The van der Waals surface area contributed by atoms with Crippen molar-refractivity contribution in [1.82, 2.24) is 14.8 Å². The van der Waals surface area contributed by atoms with Gasteiger partial charge in [0.2, 0.25) is 0 Å². The highest BCUT2D eigenvalue weighted by atomic mass is 16.5. The Morgan fingerprint density at radius 3 is 2.36 bits per heavy atom. The predicted molar refractivity (Wildman–Crippen MR) is 139 cm³/mol. The van der Waals surface area contributed by atoms with Crippen LogP contribution in [-0.4, -0.2) is 61.3 Å². The number of methoxy groups -OCH3 is 2. The minimum atomic E-state index is 0.259. The van der Waals surface area contributed by atoms with Crippen molar-refractivity contribution in [3.8, 4) is 23.0 Å². The van der Waals surface area contributed by atoms with Crippen molar-refractivity contribution in [2.75, 3.05) is 40.5 Å². The zero-order chi connectivity index (χ0) is 24.7. The Balaban J connectivity index is 1.19. The molecule has 7 nitrogen and oxygen atoms in total. The highest BCUT2D eigenvalue weighted by Crippen LogP contribution is 2.28. The van der Waals surface area contributed by atoms with Crippen LogP contribution in [0.25, 0.3) is 0 Å². The van der Waals surface area contributed by atoms with E-state index in [1.54, 1.807) is 26.6 Å². The molecule has 0 N–H and O–H groups in total. The van der Waals surface area contributed by atoms with E-state index in [0.717, 1.165) is 75.1 Å². The standard InChI is InChI=1S/C29H35N3O4/c1-33-27-15-23(16-28(17-27)34-2)20-32-12-13-35-29-6-5-22(14-24(29)21-32)19-31-10-7-25(8-11-31)36-26-4-3-9-30-18-26/h3-6,9,14-18,25H,7-8,10-13,19-21H2,1-2H3. The van der Waals surface area contributed by atoms with Gasteiger partial charge in [-0.3, -0.25) is 14.8 Å². The molecule has 1 saturated heterocycles. The lowest BCUT2D eigenvalue weighted by Gasteiger charge is -2.32. The van der Waals surface area contributed by atoms with E-state index < -0.39 is 0 Å². The number of piperidine rings is 1. The molecule has 2 aliphatic heterocycles. The number of nitrogens with zero attached hydrogens (tertiary/aromatic N) is 3. The Labute approximate surface area is 213 Å². The quantitative estimate of drug-likeness (QED) is 0.461. The molecular weight excluding hydrogens is 454 g/mol. The zero-order valence-corrected chi connectivity index (χ0v) is 21.2. The van der Waals surface area contributed by atoms with Gasteiger partial charge in [0.05, 0.1) is 20.4 Å². The number of pyridine rings is 1. The number of benzene rings is 2. The number of fused-ring (bicyclic) bond motifs is 1. The summed E-state index contributed by atoms with van der Waals surface area (Å²) in [6, 6.07) is 16.6. The van der Waals surface area contributed by atoms with Crippen LogP contribution in [0.5, 0.6) is 23.0 Å². The lowest BCUT2D eigenvalue weighted by Crippen LogP contribution is -2.37. The van der Waals surface area contributed by atoms with Crippen molar-refractivity contribution in [1.29, 1.82) is 0 Å². The minimum Gasteiger partial charge on any atom is -0.497 e. The summed E-state index contributed by atoms with van der Waals surface area (Å²) in [6.45, 7) is 6.21. The van der Waals surface area contributed by atoms with Crippen molar-refractivity contribution in [2.24, 2.45) is 0 Å². The van der Waals surface area contributed by atoms with Crippen molar-refractivity contribution in [3.05, 3.63) is 77.6 Å². The van der Waals surface area contributed by atoms with Gasteiger partial charge in [-0.25, -0.2) is 0 Å². The highest BCUT2D eigenvalue weighted by Gasteiger charge is 2.22. The van der Waals surface area contributed by atoms with Crippen LogP contribution in [0.15, 0.2) is 60.9 Å². The molecule has 0 saturated carbocycles. The van der Waals surface area contributed by atoms with E-state index in [1.807, 2.05) is 18.2 Å². The fraction of sp³-hybridized carbons (Fsp3) is 0.414. The van der Waals surface area contributed by atoms with Crippen molar-refractivity contribution in [2.45, 2.75) is 38.6 Å². The molecule has 1 fully saturated rings. The first kappa shape index (κ1) is 24.4. The summed E-state index contributed by atoms with van der Waals surface area (Å²) >= 11 is 0. The van der Waals surface area contributed by atoms with E-state index in [0.29, 0.717) is 6.61 Å². The summed E-state index contributed by atoms with van der Waals surface area (Å²) in [5.74, 6) is 3.48. The summed E-state index contributed by atoms with van der Waals surface area (Å²) in [5, 5.41) is 0. The first-order valence-electron chi connectivity index (χ1n) is 12.7. The van der Waals surface area contributed by atoms with Crippen LogP contribution < -0.4 is 18.9 Å². The van der Waals surface area contributed by atoms with Crippen LogP contribution in [-0.2, 0) is 19.6 Å². The van der Waals surface area contributed by atoms with E-state index in [-0.39, 0.29) is 6.10 Å². The number of likely N-dealkylation sites (tertiary alicyclic amines) is 1. The van der Waals surface area contributed by atoms with Crippen LogP contribution in [0.1, 0.15) is 29.5 Å². The van der Waals surface area contributed by atoms with Crippen LogP contribution in [0.2, 0.25) is 0 Å². The van der Waals surface area contributed by atoms with Gasteiger partial charge in [-0.05, 0) is 60.4 Å². The first-order valence-corrected chi connectivity index (χ1v) is 12.7. The minimum absolute atomic E-state index is 0.259. The van der Waals surface area contributed by atoms with Crippen molar-refractivity contribution >= 4 is 0 Å². The number of rotatable bonds is 8. The molecule has 2 aliphatic rings. The Morgan fingerprint density at radius 2 is 1.64 bits per heavy atom. The third-order valence-electron chi connectivity index (χ3n) is 6.88. The maximum Gasteiger partial charge on any atom is 0.137 e. The van der Waals surface area contributed by atoms with Gasteiger partial charge in [0.15, 0.2) is 0 Å². The predicted octanol–water partition coefficient (Wildman–Crippen LogP) is 4.54. The monoisotopic (exact) mass is 489 g/mol. The third-order valence-corrected chi connectivity index (χ3v) is 6.88. The van der Waals surface area contributed by atoms with Crippen LogP contribution in [0.4, 0.5) is 0 Å². The molecule has 0 unspecified atom stereocenters. The van der Waals surface area contributed by atoms with Gasteiger partial charge in [-0.15, -0.1) is 0 Å². The Kier molecular flexibility index (Phi) is 7.88. The highest BCUT2D eigenvalue weighted by molar-refractivity contribution is 5.40. The van der Waals surface area contributed by atoms with Gasteiger partial charge in [0.25, 0.3) is 0 Å². The molecule has 7 heteroatoms. The van der Waals surface area contributed by atoms with Gasteiger partial charge in [-0.2, -0.15) is 0 Å². The molecular formula is C29H35N3O4. The van der Waals surface area contributed by atoms with Crippen LogP contribution in [0, 0.1) is 0 Å². The van der Waals surface area contributed by atoms with Crippen LogP contribution >= 0.6 is 0 Å². The summed E-state index contributed by atoms with van der Waals surface area (Å²) in [5.41, 5.74) is 3.74. The second-order valence-electron chi connectivity index (χ2n) is 9.50. The Hall–Kier alpha value is -3.29. The number of ether oxygens (including phenoxy) is 4. The van der Waals surface area contributed by atoms with Gasteiger partial charge in [0, 0.05) is 57.1 Å². The molecule has 0 aliphatic carbocycles. The maximum absolute atomic E-state index is 6.10.